The largest absolute Gasteiger partial charge is 0.326 e. The number of carbonyl (C=O) groups is 1. The maximum atomic E-state index is 12.1. The lowest BCUT2D eigenvalue weighted by atomic mass is 10.1. The van der Waals surface area contributed by atoms with E-state index >= 15 is 0 Å². The van der Waals surface area contributed by atoms with Crippen LogP contribution in [0.1, 0.15) is 71.8 Å². The molecular formula is C20H34N2O3S. The molecule has 6 heteroatoms. The number of unbranched alkanes of at least 4 members (excludes halogenated alkanes) is 2. The number of aryl methyl sites for hydroxylation is 1. The van der Waals surface area contributed by atoms with Gasteiger partial charge in [0.1, 0.15) is 0 Å². The molecule has 1 aromatic rings. The summed E-state index contributed by atoms with van der Waals surface area (Å²) < 4.78 is 26.1. The van der Waals surface area contributed by atoms with Crippen molar-refractivity contribution >= 4 is 21.6 Å². The Bertz CT molecular complexity index is 652. The molecule has 0 aliphatic heterocycles. The minimum absolute atomic E-state index is 0.0388. The van der Waals surface area contributed by atoms with Crippen LogP contribution < -0.4 is 10.0 Å². The van der Waals surface area contributed by atoms with Crippen LogP contribution in [-0.2, 0) is 21.2 Å². The van der Waals surface area contributed by atoms with Gasteiger partial charge in [-0.1, -0.05) is 32.4 Å². The third-order valence-corrected chi connectivity index (χ3v) is 7.09. The van der Waals surface area contributed by atoms with Crippen molar-refractivity contribution in [1.82, 2.24) is 4.72 Å². The third-order valence-electron chi connectivity index (χ3n) is 4.76. The molecule has 1 aromatic carbocycles. The van der Waals surface area contributed by atoms with Gasteiger partial charge in [0.15, 0.2) is 0 Å². The van der Waals surface area contributed by atoms with E-state index in [1.165, 1.54) is 18.4 Å². The van der Waals surface area contributed by atoms with E-state index < -0.39 is 14.8 Å². The van der Waals surface area contributed by atoms with Crippen molar-refractivity contribution in [2.45, 2.75) is 77.4 Å². The van der Waals surface area contributed by atoms with E-state index in [4.69, 9.17) is 0 Å². The molecule has 1 rings (SSSR count). The Morgan fingerprint density at radius 1 is 1.04 bits per heavy atom. The molecule has 0 fully saturated rings. The van der Waals surface area contributed by atoms with Gasteiger partial charge in [-0.3, -0.25) is 4.79 Å². The summed E-state index contributed by atoms with van der Waals surface area (Å²) in [4.78, 5) is 12.0. The zero-order chi connectivity index (χ0) is 19.6. The molecule has 0 radical (unpaired) electrons. The molecule has 1 amide bonds. The van der Waals surface area contributed by atoms with Crippen LogP contribution in [0.3, 0.4) is 0 Å². The van der Waals surface area contributed by atoms with Gasteiger partial charge in [0.05, 0.1) is 4.75 Å². The van der Waals surface area contributed by atoms with Crippen LogP contribution in [0.4, 0.5) is 5.69 Å². The van der Waals surface area contributed by atoms with E-state index in [-0.39, 0.29) is 5.91 Å². The molecule has 0 heterocycles. The van der Waals surface area contributed by atoms with E-state index in [1.807, 2.05) is 19.1 Å². The second-order valence-electron chi connectivity index (χ2n) is 7.32. The zero-order valence-corrected chi connectivity index (χ0v) is 17.4. The summed E-state index contributed by atoms with van der Waals surface area (Å²) >= 11 is 0. The number of benzene rings is 1. The van der Waals surface area contributed by atoms with E-state index in [1.54, 1.807) is 13.8 Å². The molecular weight excluding hydrogens is 348 g/mol. The average molecular weight is 383 g/mol. The highest BCUT2D eigenvalue weighted by Crippen LogP contribution is 2.19. The summed E-state index contributed by atoms with van der Waals surface area (Å²) in [7, 11) is -3.32. The fourth-order valence-corrected chi connectivity index (χ4v) is 3.55. The van der Waals surface area contributed by atoms with Crippen molar-refractivity contribution in [2.75, 3.05) is 11.9 Å². The molecule has 0 aliphatic carbocycles. The molecule has 148 valence electrons. The zero-order valence-electron chi connectivity index (χ0n) is 16.6. The van der Waals surface area contributed by atoms with Gasteiger partial charge in [0.2, 0.25) is 15.9 Å². The number of nitrogens with one attached hydrogen (secondary N) is 2. The Balaban J connectivity index is 2.29. The maximum absolute atomic E-state index is 12.1. The van der Waals surface area contributed by atoms with Gasteiger partial charge in [-0.05, 0) is 63.6 Å². The first-order valence-electron chi connectivity index (χ1n) is 9.60. The Morgan fingerprint density at radius 2 is 1.69 bits per heavy atom. The fourth-order valence-electron chi connectivity index (χ4n) is 2.36. The Morgan fingerprint density at radius 3 is 2.27 bits per heavy atom. The van der Waals surface area contributed by atoms with Crippen LogP contribution in [0, 0.1) is 0 Å². The van der Waals surface area contributed by atoms with Crippen molar-refractivity contribution in [3.8, 4) is 0 Å². The van der Waals surface area contributed by atoms with Crippen molar-refractivity contribution in [1.29, 1.82) is 0 Å². The number of anilines is 1. The summed E-state index contributed by atoms with van der Waals surface area (Å²) in [6, 6.07) is 7.97. The summed E-state index contributed by atoms with van der Waals surface area (Å²) in [6.07, 6.45) is 5.64. The average Bonchev–Trinajstić information content (AvgIpc) is 2.60. The summed E-state index contributed by atoms with van der Waals surface area (Å²) in [5.74, 6) is -0.0388. The van der Waals surface area contributed by atoms with Gasteiger partial charge in [0, 0.05) is 18.7 Å². The van der Waals surface area contributed by atoms with Crippen molar-refractivity contribution in [3.05, 3.63) is 29.8 Å². The number of sulfonamides is 1. The molecule has 0 spiro atoms. The topological polar surface area (TPSA) is 75.3 Å². The van der Waals surface area contributed by atoms with Crippen LogP contribution in [0.15, 0.2) is 24.3 Å². The molecule has 0 unspecified atom stereocenters. The van der Waals surface area contributed by atoms with Gasteiger partial charge >= 0.3 is 0 Å². The lowest BCUT2D eigenvalue weighted by Gasteiger charge is -2.23. The third kappa shape index (κ3) is 7.46. The summed E-state index contributed by atoms with van der Waals surface area (Å²) in [5, 5.41) is 2.89. The first-order valence-corrected chi connectivity index (χ1v) is 11.1. The summed E-state index contributed by atoms with van der Waals surface area (Å²) in [5.41, 5.74) is 2.09. The highest BCUT2D eigenvalue weighted by atomic mass is 32.2. The highest BCUT2D eigenvalue weighted by molar-refractivity contribution is 7.90. The quantitative estimate of drug-likeness (QED) is 0.531. The Kier molecular flexibility index (Phi) is 9.30. The molecule has 26 heavy (non-hydrogen) atoms. The Labute approximate surface area is 159 Å². The van der Waals surface area contributed by atoms with Gasteiger partial charge < -0.3 is 5.32 Å². The van der Waals surface area contributed by atoms with Crippen LogP contribution in [0.5, 0.6) is 0 Å². The minimum Gasteiger partial charge on any atom is -0.326 e. The van der Waals surface area contributed by atoms with Crippen LogP contribution in [0.25, 0.3) is 0 Å². The number of amides is 1. The van der Waals surface area contributed by atoms with E-state index in [0.717, 1.165) is 12.1 Å². The van der Waals surface area contributed by atoms with Crippen LogP contribution >= 0.6 is 0 Å². The standard InChI is InChI=1S/C20H34N2O3S/c1-5-7-10-17-12-14-18(15-13-17)22-19(23)11-8-9-16-21-26(24,25)20(3,4)6-2/h12-15,21H,5-11,16H2,1-4H3,(H,22,23). The molecule has 0 aromatic heterocycles. The molecule has 2 N–H and O–H groups in total. The van der Waals surface area contributed by atoms with Crippen molar-refractivity contribution in [2.24, 2.45) is 0 Å². The predicted molar refractivity (Wildman–Crippen MR) is 109 cm³/mol. The normalized spacial score (nSPS) is 12.2. The smallest absolute Gasteiger partial charge is 0.224 e. The number of hydrogen-bond acceptors (Lipinski definition) is 3. The van der Waals surface area contributed by atoms with E-state index in [9.17, 15) is 13.2 Å². The number of carbonyl (C=O) groups excluding carboxylic acids is 1. The van der Waals surface area contributed by atoms with Gasteiger partial charge in [-0.15, -0.1) is 0 Å². The number of rotatable bonds is 12. The van der Waals surface area contributed by atoms with Crippen molar-refractivity contribution in [3.63, 3.8) is 0 Å². The number of hydrogen-bond donors (Lipinski definition) is 2. The van der Waals surface area contributed by atoms with E-state index in [2.05, 4.69) is 29.1 Å². The first kappa shape index (κ1) is 22.6. The SMILES string of the molecule is CCCCc1ccc(NC(=O)CCCCNS(=O)(=O)C(C)(C)CC)cc1. The molecule has 0 saturated heterocycles. The fraction of sp³-hybridized carbons (Fsp3) is 0.650. The van der Waals surface area contributed by atoms with Crippen molar-refractivity contribution < 1.29 is 13.2 Å². The maximum Gasteiger partial charge on any atom is 0.224 e. The second kappa shape index (κ2) is 10.7. The lowest BCUT2D eigenvalue weighted by molar-refractivity contribution is -0.116. The van der Waals surface area contributed by atoms with E-state index in [0.29, 0.717) is 32.2 Å². The highest BCUT2D eigenvalue weighted by Gasteiger charge is 2.31. The molecule has 0 bridgehead atoms. The molecule has 0 aliphatic rings. The summed E-state index contributed by atoms with van der Waals surface area (Å²) in [6.45, 7) is 7.84. The predicted octanol–water partition coefficient (Wildman–Crippen LogP) is 4.25. The van der Waals surface area contributed by atoms with Crippen LogP contribution in [-0.4, -0.2) is 25.6 Å². The molecule has 0 saturated carbocycles. The lowest BCUT2D eigenvalue weighted by Crippen LogP contribution is -2.41. The molecule has 5 nitrogen and oxygen atoms in total. The minimum atomic E-state index is -3.32. The molecule has 0 atom stereocenters. The Hall–Kier alpha value is -1.40. The monoisotopic (exact) mass is 382 g/mol. The van der Waals surface area contributed by atoms with Gasteiger partial charge in [0.25, 0.3) is 0 Å². The second-order valence-corrected chi connectivity index (χ2v) is 9.72. The van der Waals surface area contributed by atoms with Crippen LogP contribution in [0.2, 0.25) is 0 Å². The van der Waals surface area contributed by atoms with Gasteiger partial charge in [-0.25, -0.2) is 13.1 Å². The first-order chi connectivity index (χ1) is 12.2. The van der Waals surface area contributed by atoms with Gasteiger partial charge in [-0.2, -0.15) is 0 Å².